The summed E-state index contributed by atoms with van der Waals surface area (Å²) >= 11 is 1.75. The van der Waals surface area contributed by atoms with E-state index in [0.717, 1.165) is 32.5 Å². The topological polar surface area (TPSA) is 105 Å². The van der Waals surface area contributed by atoms with Crippen LogP contribution in [0.3, 0.4) is 0 Å². The molecule has 0 aliphatic carbocycles. The van der Waals surface area contributed by atoms with Gasteiger partial charge in [0.25, 0.3) is 5.69 Å². The summed E-state index contributed by atoms with van der Waals surface area (Å²) in [5.74, 6) is -1.36. The van der Waals surface area contributed by atoms with Crippen LogP contribution in [0.2, 0.25) is 0 Å². The van der Waals surface area contributed by atoms with E-state index in [-0.39, 0.29) is 11.4 Å². The number of nitro groups is 1. The molecule has 0 bridgehead atoms. The van der Waals surface area contributed by atoms with Crippen molar-refractivity contribution in [3.63, 3.8) is 0 Å². The summed E-state index contributed by atoms with van der Waals surface area (Å²) in [5, 5.41) is 18.0. The normalized spacial score (nSPS) is 15.1. The van der Waals surface area contributed by atoms with E-state index in [0.29, 0.717) is 12.5 Å². The van der Waals surface area contributed by atoms with E-state index in [1.807, 2.05) is 0 Å². The summed E-state index contributed by atoms with van der Waals surface area (Å²) in [6.45, 7) is 3.30. The number of hydrogen-bond acceptors (Lipinski definition) is 6. The van der Waals surface area contributed by atoms with E-state index in [1.54, 1.807) is 17.4 Å². The van der Waals surface area contributed by atoms with Crippen molar-refractivity contribution in [3.8, 4) is 0 Å². The molecule has 0 radical (unpaired) electrons. The highest BCUT2D eigenvalue weighted by atomic mass is 32.1. The van der Waals surface area contributed by atoms with Crippen LogP contribution in [0.1, 0.15) is 17.7 Å². The number of benzene rings is 1. The number of nitrogens with one attached hydrogen (secondary N) is 2. The van der Waals surface area contributed by atoms with E-state index in [2.05, 4.69) is 33.0 Å². The zero-order chi connectivity index (χ0) is 19.9. The minimum atomic E-state index is -0.899. The molecular formula is C19H22N4O4S. The SMILES string of the molecule is O=C(NCC1CCN(Cc2cccs2)CC1)C(=O)Nc1ccccc1[N+](=O)[O-]. The van der Waals surface area contributed by atoms with Crippen molar-refractivity contribution in [2.75, 3.05) is 25.0 Å². The molecule has 1 aromatic carbocycles. The molecule has 2 heterocycles. The van der Waals surface area contributed by atoms with E-state index in [1.165, 1.54) is 23.1 Å². The minimum Gasteiger partial charge on any atom is -0.348 e. The molecule has 2 N–H and O–H groups in total. The second-order valence-electron chi connectivity index (χ2n) is 6.74. The van der Waals surface area contributed by atoms with Crippen molar-refractivity contribution in [1.82, 2.24) is 10.2 Å². The fourth-order valence-corrected chi connectivity index (χ4v) is 3.95. The number of nitrogens with zero attached hydrogens (tertiary/aromatic N) is 2. The summed E-state index contributed by atoms with van der Waals surface area (Å²) in [5.41, 5.74) is -0.240. The number of nitro benzene ring substituents is 1. The third-order valence-electron chi connectivity index (χ3n) is 4.77. The molecular weight excluding hydrogens is 380 g/mol. The van der Waals surface area contributed by atoms with Crippen LogP contribution in [0, 0.1) is 16.0 Å². The highest BCUT2D eigenvalue weighted by Gasteiger charge is 2.23. The van der Waals surface area contributed by atoms with Gasteiger partial charge in [0.2, 0.25) is 0 Å². The summed E-state index contributed by atoms with van der Waals surface area (Å²) in [4.78, 5) is 38.2. The smallest absolute Gasteiger partial charge is 0.313 e. The van der Waals surface area contributed by atoms with E-state index in [9.17, 15) is 19.7 Å². The lowest BCUT2D eigenvalue weighted by Crippen LogP contribution is -2.41. The van der Waals surface area contributed by atoms with E-state index in [4.69, 9.17) is 0 Å². The Morgan fingerprint density at radius 2 is 1.89 bits per heavy atom. The maximum absolute atomic E-state index is 12.0. The molecule has 3 rings (SSSR count). The van der Waals surface area contributed by atoms with Crippen molar-refractivity contribution < 1.29 is 14.5 Å². The molecule has 2 amide bonds. The number of para-hydroxylation sites is 2. The number of carbonyl (C=O) groups excluding carboxylic acids is 2. The molecule has 1 fully saturated rings. The maximum atomic E-state index is 12.0. The summed E-state index contributed by atoms with van der Waals surface area (Å²) < 4.78 is 0. The first-order valence-electron chi connectivity index (χ1n) is 9.10. The van der Waals surface area contributed by atoms with Crippen LogP contribution in [-0.2, 0) is 16.1 Å². The van der Waals surface area contributed by atoms with Gasteiger partial charge >= 0.3 is 11.8 Å². The standard InChI is InChI=1S/C19H22N4O4S/c24-18(19(25)21-16-5-1-2-6-17(16)23(26)27)20-12-14-7-9-22(10-8-14)13-15-4-3-11-28-15/h1-6,11,14H,7-10,12-13H2,(H,20,24)(H,21,25). The molecule has 1 aliphatic heterocycles. The number of carbonyl (C=O) groups is 2. The molecule has 148 valence electrons. The average Bonchev–Trinajstić information content (AvgIpc) is 3.20. The Balaban J connectivity index is 1.42. The molecule has 1 aromatic heterocycles. The summed E-state index contributed by atoms with van der Waals surface area (Å²) in [6.07, 6.45) is 1.91. The fraction of sp³-hybridized carbons (Fsp3) is 0.368. The van der Waals surface area contributed by atoms with Crippen LogP contribution >= 0.6 is 11.3 Å². The Kier molecular flexibility index (Phi) is 6.72. The zero-order valence-electron chi connectivity index (χ0n) is 15.3. The summed E-state index contributed by atoms with van der Waals surface area (Å²) in [7, 11) is 0. The highest BCUT2D eigenvalue weighted by molar-refractivity contribution is 7.09. The van der Waals surface area contributed by atoms with Gasteiger partial charge in [0.05, 0.1) is 4.92 Å². The highest BCUT2D eigenvalue weighted by Crippen LogP contribution is 2.23. The van der Waals surface area contributed by atoms with Gasteiger partial charge in [-0.1, -0.05) is 18.2 Å². The first-order valence-corrected chi connectivity index (χ1v) is 9.98. The van der Waals surface area contributed by atoms with Gasteiger partial charge in [-0.25, -0.2) is 0 Å². The lowest BCUT2D eigenvalue weighted by molar-refractivity contribution is -0.383. The van der Waals surface area contributed by atoms with Gasteiger partial charge in [-0.2, -0.15) is 0 Å². The Morgan fingerprint density at radius 1 is 1.14 bits per heavy atom. The minimum absolute atomic E-state index is 0.00883. The largest absolute Gasteiger partial charge is 0.348 e. The third kappa shape index (κ3) is 5.37. The second-order valence-corrected chi connectivity index (χ2v) is 7.77. The van der Waals surface area contributed by atoms with Crippen molar-refractivity contribution in [1.29, 1.82) is 0 Å². The molecule has 9 heteroatoms. The predicted molar refractivity (Wildman–Crippen MR) is 107 cm³/mol. The molecule has 1 saturated heterocycles. The number of thiophene rings is 1. The predicted octanol–water partition coefficient (Wildman–Crippen LogP) is 2.62. The van der Waals surface area contributed by atoms with Crippen molar-refractivity contribution in [2.24, 2.45) is 5.92 Å². The maximum Gasteiger partial charge on any atom is 0.313 e. The molecule has 2 aromatic rings. The number of likely N-dealkylation sites (tertiary alicyclic amines) is 1. The third-order valence-corrected chi connectivity index (χ3v) is 5.63. The first kappa shape index (κ1) is 20.0. The molecule has 0 spiro atoms. The van der Waals surface area contributed by atoms with Gasteiger partial charge in [0.1, 0.15) is 5.69 Å². The second kappa shape index (κ2) is 9.43. The van der Waals surface area contributed by atoms with Crippen molar-refractivity contribution in [2.45, 2.75) is 19.4 Å². The lowest BCUT2D eigenvalue weighted by atomic mass is 9.97. The Morgan fingerprint density at radius 3 is 2.57 bits per heavy atom. The molecule has 0 unspecified atom stereocenters. The van der Waals surface area contributed by atoms with Gasteiger partial charge < -0.3 is 10.6 Å². The number of rotatable bonds is 6. The molecule has 0 saturated carbocycles. The van der Waals surface area contributed by atoms with E-state index >= 15 is 0 Å². The van der Waals surface area contributed by atoms with Crippen LogP contribution < -0.4 is 10.6 Å². The lowest BCUT2D eigenvalue weighted by Gasteiger charge is -2.31. The van der Waals surface area contributed by atoms with Crippen molar-refractivity contribution in [3.05, 3.63) is 56.8 Å². The van der Waals surface area contributed by atoms with Crippen LogP contribution in [0.25, 0.3) is 0 Å². The number of anilines is 1. The van der Waals surface area contributed by atoms with Crippen LogP contribution in [0.5, 0.6) is 0 Å². The van der Waals surface area contributed by atoms with Gasteiger partial charge in [-0.15, -0.1) is 11.3 Å². The Bertz CT molecular complexity index is 832. The zero-order valence-corrected chi connectivity index (χ0v) is 16.1. The molecule has 28 heavy (non-hydrogen) atoms. The Labute approximate surface area is 166 Å². The monoisotopic (exact) mass is 402 g/mol. The van der Waals surface area contributed by atoms with Gasteiger partial charge in [0.15, 0.2) is 0 Å². The molecule has 8 nitrogen and oxygen atoms in total. The molecule has 0 atom stereocenters. The average molecular weight is 402 g/mol. The van der Waals surface area contributed by atoms with E-state index < -0.39 is 16.7 Å². The number of piperidine rings is 1. The van der Waals surface area contributed by atoms with Crippen LogP contribution in [0.15, 0.2) is 41.8 Å². The Hall–Kier alpha value is -2.78. The first-order chi connectivity index (χ1) is 13.5. The van der Waals surface area contributed by atoms with Crippen LogP contribution in [-0.4, -0.2) is 41.3 Å². The number of hydrogen-bond donors (Lipinski definition) is 2. The quantitative estimate of drug-likeness (QED) is 0.439. The van der Waals surface area contributed by atoms with Gasteiger partial charge in [0, 0.05) is 24.0 Å². The summed E-state index contributed by atoms with van der Waals surface area (Å²) in [6, 6.07) is 9.91. The molecule has 1 aliphatic rings. The fourth-order valence-electron chi connectivity index (χ4n) is 3.21. The van der Waals surface area contributed by atoms with Crippen LogP contribution in [0.4, 0.5) is 11.4 Å². The number of amides is 2. The van der Waals surface area contributed by atoms with Crippen molar-refractivity contribution >= 4 is 34.5 Å². The van der Waals surface area contributed by atoms with Gasteiger partial charge in [-0.05, 0) is 49.4 Å². The van der Waals surface area contributed by atoms with Gasteiger partial charge in [-0.3, -0.25) is 24.6 Å².